The van der Waals surface area contributed by atoms with E-state index in [1.807, 2.05) is 55.8 Å². The molecule has 0 spiro atoms. The minimum absolute atomic E-state index is 0.0655. The fraction of sp³-hybridized carbons (Fsp3) is 0.318. The Balaban J connectivity index is 1.54. The standard InChI is InChI=1S/C22H26N4O2S/c1-5-17-9-11-18(12-10-17)28-13-19-24-25-22(26(19)4)29-14-20(27)23-21-15(2)7-6-8-16(21)3/h6-12H,5,13-14H2,1-4H3,(H,23,27). The van der Waals surface area contributed by atoms with Crippen molar-refractivity contribution >= 4 is 23.4 Å². The molecule has 0 aliphatic carbocycles. The van der Waals surface area contributed by atoms with E-state index in [2.05, 4.69) is 34.6 Å². The number of carbonyl (C=O) groups is 1. The number of thioether (sulfide) groups is 1. The summed E-state index contributed by atoms with van der Waals surface area (Å²) in [7, 11) is 1.88. The Bertz CT molecular complexity index is 963. The van der Waals surface area contributed by atoms with Crippen molar-refractivity contribution < 1.29 is 9.53 Å². The number of anilines is 1. The third-order valence-electron chi connectivity index (χ3n) is 4.70. The fourth-order valence-corrected chi connectivity index (χ4v) is 3.61. The van der Waals surface area contributed by atoms with E-state index in [4.69, 9.17) is 4.74 Å². The van der Waals surface area contributed by atoms with Crippen molar-refractivity contribution in [3.05, 3.63) is 65.0 Å². The van der Waals surface area contributed by atoms with Gasteiger partial charge in [-0.1, -0.05) is 49.0 Å². The van der Waals surface area contributed by atoms with Gasteiger partial charge in [-0.05, 0) is 49.1 Å². The van der Waals surface area contributed by atoms with E-state index in [0.717, 1.165) is 29.0 Å². The van der Waals surface area contributed by atoms with E-state index in [0.29, 0.717) is 17.6 Å². The van der Waals surface area contributed by atoms with Crippen LogP contribution >= 0.6 is 11.8 Å². The highest BCUT2D eigenvalue weighted by Crippen LogP contribution is 2.21. The predicted octanol–water partition coefficient (Wildman–Crippen LogP) is 4.30. The molecule has 152 valence electrons. The number of aryl methyl sites for hydroxylation is 3. The molecule has 2 aromatic carbocycles. The van der Waals surface area contributed by atoms with Gasteiger partial charge in [0, 0.05) is 12.7 Å². The van der Waals surface area contributed by atoms with Crippen LogP contribution in [-0.2, 0) is 24.9 Å². The van der Waals surface area contributed by atoms with Crippen LogP contribution in [0.4, 0.5) is 5.69 Å². The number of nitrogens with zero attached hydrogens (tertiary/aromatic N) is 3. The predicted molar refractivity (Wildman–Crippen MR) is 116 cm³/mol. The first kappa shape index (κ1) is 20.9. The number of aromatic nitrogens is 3. The topological polar surface area (TPSA) is 69.0 Å². The number of para-hydroxylation sites is 1. The molecule has 0 saturated heterocycles. The number of hydrogen-bond donors (Lipinski definition) is 1. The van der Waals surface area contributed by atoms with Crippen molar-refractivity contribution in [2.45, 2.75) is 39.0 Å². The van der Waals surface area contributed by atoms with Crippen LogP contribution in [-0.4, -0.2) is 26.4 Å². The first-order valence-electron chi connectivity index (χ1n) is 9.56. The Morgan fingerprint density at radius 2 is 1.79 bits per heavy atom. The Kier molecular flexibility index (Phi) is 6.93. The molecule has 1 aromatic heterocycles. The van der Waals surface area contributed by atoms with Crippen LogP contribution in [0.2, 0.25) is 0 Å². The molecule has 1 N–H and O–H groups in total. The van der Waals surface area contributed by atoms with Gasteiger partial charge in [0.2, 0.25) is 5.91 Å². The lowest BCUT2D eigenvalue weighted by Gasteiger charge is -2.11. The first-order chi connectivity index (χ1) is 14.0. The number of nitrogens with one attached hydrogen (secondary N) is 1. The van der Waals surface area contributed by atoms with E-state index in [9.17, 15) is 4.79 Å². The van der Waals surface area contributed by atoms with Gasteiger partial charge in [-0.25, -0.2) is 0 Å². The SMILES string of the molecule is CCc1ccc(OCc2nnc(SCC(=O)Nc3c(C)cccc3C)n2C)cc1. The molecule has 0 aliphatic rings. The van der Waals surface area contributed by atoms with Crippen LogP contribution in [0.15, 0.2) is 47.6 Å². The molecule has 29 heavy (non-hydrogen) atoms. The molecule has 0 radical (unpaired) electrons. The monoisotopic (exact) mass is 410 g/mol. The van der Waals surface area contributed by atoms with Crippen molar-refractivity contribution in [2.24, 2.45) is 7.05 Å². The van der Waals surface area contributed by atoms with E-state index >= 15 is 0 Å². The minimum atomic E-state index is -0.0655. The van der Waals surface area contributed by atoms with Crippen LogP contribution in [0.25, 0.3) is 0 Å². The van der Waals surface area contributed by atoms with Crippen molar-refractivity contribution in [3.8, 4) is 5.75 Å². The lowest BCUT2D eigenvalue weighted by molar-refractivity contribution is -0.113. The van der Waals surface area contributed by atoms with Crippen molar-refractivity contribution in [2.75, 3.05) is 11.1 Å². The highest BCUT2D eigenvalue weighted by Gasteiger charge is 2.13. The zero-order valence-electron chi connectivity index (χ0n) is 17.2. The first-order valence-corrected chi connectivity index (χ1v) is 10.6. The van der Waals surface area contributed by atoms with Crippen LogP contribution in [0, 0.1) is 13.8 Å². The fourth-order valence-electron chi connectivity index (χ4n) is 2.88. The lowest BCUT2D eigenvalue weighted by Crippen LogP contribution is -2.16. The number of benzene rings is 2. The maximum atomic E-state index is 12.4. The Hall–Kier alpha value is -2.80. The summed E-state index contributed by atoms with van der Waals surface area (Å²) in [6, 6.07) is 14.0. The number of ether oxygens (including phenoxy) is 1. The zero-order chi connectivity index (χ0) is 20.8. The molecule has 3 rings (SSSR count). The molecule has 7 heteroatoms. The molecule has 1 amide bonds. The smallest absolute Gasteiger partial charge is 0.234 e. The van der Waals surface area contributed by atoms with Crippen molar-refractivity contribution in [1.82, 2.24) is 14.8 Å². The minimum Gasteiger partial charge on any atom is -0.486 e. The normalized spacial score (nSPS) is 10.8. The summed E-state index contributed by atoms with van der Waals surface area (Å²) >= 11 is 1.36. The molecule has 0 atom stereocenters. The van der Waals surface area contributed by atoms with Crippen LogP contribution in [0.3, 0.4) is 0 Å². The molecule has 1 heterocycles. The van der Waals surface area contributed by atoms with E-state index in [1.54, 1.807) is 0 Å². The number of carbonyl (C=O) groups excluding carboxylic acids is 1. The third-order valence-corrected chi connectivity index (χ3v) is 5.72. The second kappa shape index (κ2) is 9.60. The second-order valence-electron chi connectivity index (χ2n) is 6.85. The van der Waals surface area contributed by atoms with Crippen molar-refractivity contribution in [1.29, 1.82) is 0 Å². The van der Waals surface area contributed by atoms with Crippen LogP contribution < -0.4 is 10.1 Å². The van der Waals surface area contributed by atoms with Crippen LogP contribution in [0.1, 0.15) is 29.4 Å². The number of hydrogen-bond acceptors (Lipinski definition) is 5. The average molecular weight is 411 g/mol. The Morgan fingerprint density at radius 3 is 2.45 bits per heavy atom. The van der Waals surface area contributed by atoms with Gasteiger partial charge in [0.05, 0.1) is 5.75 Å². The summed E-state index contributed by atoms with van der Waals surface area (Å²) in [5.41, 5.74) is 4.25. The second-order valence-corrected chi connectivity index (χ2v) is 7.79. The van der Waals surface area contributed by atoms with Gasteiger partial charge in [-0.2, -0.15) is 0 Å². The summed E-state index contributed by atoms with van der Waals surface area (Å²) in [4.78, 5) is 12.4. The molecule has 0 aliphatic heterocycles. The highest BCUT2D eigenvalue weighted by atomic mass is 32.2. The quantitative estimate of drug-likeness (QED) is 0.561. The van der Waals surface area contributed by atoms with Gasteiger partial charge in [-0.3, -0.25) is 4.79 Å². The maximum absolute atomic E-state index is 12.4. The number of rotatable bonds is 8. The van der Waals surface area contributed by atoms with Gasteiger partial charge < -0.3 is 14.6 Å². The molecule has 6 nitrogen and oxygen atoms in total. The van der Waals surface area contributed by atoms with E-state index in [-0.39, 0.29) is 11.7 Å². The molecule has 0 fully saturated rings. The third kappa shape index (κ3) is 5.38. The van der Waals surface area contributed by atoms with E-state index in [1.165, 1.54) is 17.3 Å². The molecule has 0 bridgehead atoms. The van der Waals surface area contributed by atoms with Gasteiger partial charge in [0.1, 0.15) is 12.4 Å². The van der Waals surface area contributed by atoms with Gasteiger partial charge in [0.15, 0.2) is 11.0 Å². The maximum Gasteiger partial charge on any atom is 0.234 e. The molecular weight excluding hydrogens is 384 g/mol. The molecule has 0 unspecified atom stereocenters. The van der Waals surface area contributed by atoms with Gasteiger partial charge in [0.25, 0.3) is 0 Å². The Morgan fingerprint density at radius 1 is 1.10 bits per heavy atom. The van der Waals surface area contributed by atoms with Gasteiger partial charge in [-0.15, -0.1) is 10.2 Å². The summed E-state index contributed by atoms with van der Waals surface area (Å²) < 4.78 is 7.66. The zero-order valence-corrected chi connectivity index (χ0v) is 18.0. The summed E-state index contributed by atoms with van der Waals surface area (Å²) in [6.07, 6.45) is 1.00. The lowest BCUT2D eigenvalue weighted by atomic mass is 10.1. The molecule has 0 saturated carbocycles. The van der Waals surface area contributed by atoms with Crippen LogP contribution in [0.5, 0.6) is 5.75 Å². The number of amides is 1. The largest absolute Gasteiger partial charge is 0.486 e. The Labute approximate surface area is 175 Å². The molecular formula is C22H26N4O2S. The van der Waals surface area contributed by atoms with Gasteiger partial charge >= 0.3 is 0 Å². The van der Waals surface area contributed by atoms with Crippen molar-refractivity contribution in [3.63, 3.8) is 0 Å². The average Bonchev–Trinajstić information content (AvgIpc) is 3.07. The van der Waals surface area contributed by atoms with E-state index < -0.39 is 0 Å². The summed E-state index contributed by atoms with van der Waals surface area (Å²) in [5.74, 6) is 1.71. The summed E-state index contributed by atoms with van der Waals surface area (Å²) in [5, 5.41) is 12.0. The summed E-state index contributed by atoms with van der Waals surface area (Å²) in [6.45, 7) is 6.42. The highest BCUT2D eigenvalue weighted by molar-refractivity contribution is 7.99. The molecule has 3 aromatic rings.